The number of hydrogen-bond acceptors (Lipinski definition) is 0. The second kappa shape index (κ2) is 10.8. The second-order valence-electron chi connectivity index (χ2n) is 9.29. The predicted molar refractivity (Wildman–Crippen MR) is 136 cm³/mol. The highest BCUT2D eigenvalue weighted by atomic mass is 19.1. The van der Waals surface area contributed by atoms with E-state index in [1.54, 1.807) is 0 Å². The summed E-state index contributed by atoms with van der Waals surface area (Å²) in [6, 6.07) is 19.5. The smallest absolute Gasteiger partial charge is 0.134 e. The van der Waals surface area contributed by atoms with Gasteiger partial charge >= 0.3 is 0 Å². The van der Waals surface area contributed by atoms with Crippen molar-refractivity contribution in [3.63, 3.8) is 0 Å². The Morgan fingerprint density at radius 1 is 0.875 bits per heavy atom. The molecule has 1 fully saturated rings. The number of rotatable bonds is 8. The van der Waals surface area contributed by atoms with Gasteiger partial charge in [-0.1, -0.05) is 72.8 Å². The first-order valence-electron chi connectivity index (χ1n) is 12.2. The summed E-state index contributed by atoms with van der Waals surface area (Å²) in [4.78, 5) is 0. The van der Waals surface area contributed by atoms with E-state index in [2.05, 4.69) is 61.2 Å². The Morgan fingerprint density at radius 2 is 1.59 bits per heavy atom. The van der Waals surface area contributed by atoms with Crippen LogP contribution in [0.5, 0.6) is 0 Å². The van der Waals surface area contributed by atoms with Crippen LogP contribution in [-0.2, 0) is 19.3 Å². The van der Waals surface area contributed by atoms with Crippen LogP contribution in [0, 0.1) is 11.7 Å². The molecule has 0 saturated heterocycles. The summed E-state index contributed by atoms with van der Waals surface area (Å²) in [5, 5.41) is 1.74. The van der Waals surface area contributed by atoms with E-state index in [0.29, 0.717) is 11.8 Å². The van der Waals surface area contributed by atoms with Gasteiger partial charge in [-0.3, -0.25) is 0 Å². The van der Waals surface area contributed by atoms with Crippen molar-refractivity contribution in [3.05, 3.63) is 107 Å². The molecule has 0 unspecified atom stereocenters. The third-order valence-corrected chi connectivity index (χ3v) is 7.17. The quantitative estimate of drug-likeness (QED) is 0.316. The van der Waals surface area contributed by atoms with Gasteiger partial charge in [0.1, 0.15) is 5.82 Å². The maximum atomic E-state index is 14.9. The monoisotopic (exact) mass is 426 g/mol. The molecule has 32 heavy (non-hydrogen) atoms. The zero-order valence-corrected chi connectivity index (χ0v) is 19.3. The summed E-state index contributed by atoms with van der Waals surface area (Å²) in [6.07, 6.45) is 15.0. The van der Waals surface area contributed by atoms with Crippen LogP contribution in [0.15, 0.2) is 79.4 Å². The van der Waals surface area contributed by atoms with Crippen LogP contribution in [0.2, 0.25) is 0 Å². The molecule has 0 heterocycles. The first-order valence-corrected chi connectivity index (χ1v) is 12.2. The zero-order chi connectivity index (χ0) is 22.3. The summed E-state index contributed by atoms with van der Waals surface area (Å²) >= 11 is 0. The minimum Gasteiger partial charge on any atom is -0.206 e. The number of hydrogen-bond donors (Lipinski definition) is 0. The number of fused-ring (bicyclic) bond motifs is 1. The molecule has 1 aliphatic rings. The van der Waals surface area contributed by atoms with Gasteiger partial charge in [-0.15, -0.1) is 6.58 Å². The third kappa shape index (κ3) is 5.38. The van der Waals surface area contributed by atoms with Gasteiger partial charge in [0, 0.05) is 5.39 Å². The van der Waals surface area contributed by atoms with Gasteiger partial charge in [-0.2, -0.15) is 0 Å². The van der Waals surface area contributed by atoms with Crippen molar-refractivity contribution in [2.75, 3.05) is 0 Å². The predicted octanol–water partition coefficient (Wildman–Crippen LogP) is 8.73. The first-order chi connectivity index (χ1) is 15.7. The summed E-state index contributed by atoms with van der Waals surface area (Å²) in [6.45, 7) is 5.96. The highest BCUT2D eigenvalue weighted by Crippen LogP contribution is 2.36. The Balaban J connectivity index is 1.37. The van der Waals surface area contributed by atoms with Crippen LogP contribution in [0.1, 0.15) is 67.2 Å². The van der Waals surface area contributed by atoms with Crippen molar-refractivity contribution in [2.24, 2.45) is 5.92 Å². The zero-order valence-electron chi connectivity index (χ0n) is 19.3. The molecular weight excluding hydrogens is 391 g/mol. The summed E-state index contributed by atoms with van der Waals surface area (Å²) in [7, 11) is 0. The fourth-order valence-corrected chi connectivity index (χ4v) is 5.07. The third-order valence-electron chi connectivity index (χ3n) is 7.17. The molecule has 1 aliphatic carbocycles. The Bertz CT molecular complexity index is 1070. The lowest BCUT2D eigenvalue weighted by Crippen LogP contribution is -2.11. The Morgan fingerprint density at radius 3 is 2.31 bits per heavy atom. The molecule has 0 amide bonds. The van der Waals surface area contributed by atoms with Crippen LogP contribution in [0.25, 0.3) is 10.8 Å². The normalized spacial score (nSPS) is 18.9. The molecule has 0 radical (unpaired) electrons. The van der Waals surface area contributed by atoms with Crippen LogP contribution in [0.3, 0.4) is 0 Å². The van der Waals surface area contributed by atoms with Gasteiger partial charge in [-0.05, 0) is 97.8 Å². The second-order valence-corrected chi connectivity index (χ2v) is 9.29. The lowest BCUT2D eigenvalue weighted by atomic mass is 9.78. The summed E-state index contributed by atoms with van der Waals surface area (Å²) in [5.74, 6) is 1.36. The van der Waals surface area contributed by atoms with Gasteiger partial charge < -0.3 is 0 Å². The molecule has 166 valence electrons. The van der Waals surface area contributed by atoms with E-state index in [0.717, 1.165) is 42.0 Å². The molecule has 1 saturated carbocycles. The first kappa shape index (κ1) is 22.5. The molecule has 3 aromatic carbocycles. The van der Waals surface area contributed by atoms with Crippen molar-refractivity contribution < 1.29 is 4.39 Å². The van der Waals surface area contributed by atoms with E-state index in [4.69, 9.17) is 0 Å². The number of allylic oxidation sites excluding steroid dienone is 3. The molecule has 0 aliphatic heterocycles. The summed E-state index contributed by atoms with van der Waals surface area (Å²) < 4.78 is 14.9. The van der Waals surface area contributed by atoms with E-state index in [-0.39, 0.29) is 5.82 Å². The van der Waals surface area contributed by atoms with Crippen molar-refractivity contribution in [1.29, 1.82) is 0 Å². The van der Waals surface area contributed by atoms with Crippen LogP contribution < -0.4 is 0 Å². The van der Waals surface area contributed by atoms with Gasteiger partial charge in [0.25, 0.3) is 0 Å². The molecule has 0 nitrogen and oxygen atoms in total. The van der Waals surface area contributed by atoms with E-state index in [9.17, 15) is 4.39 Å². The largest absolute Gasteiger partial charge is 0.206 e. The van der Waals surface area contributed by atoms with E-state index in [1.807, 2.05) is 25.1 Å². The van der Waals surface area contributed by atoms with Crippen LogP contribution >= 0.6 is 0 Å². The van der Waals surface area contributed by atoms with Crippen LogP contribution in [0.4, 0.5) is 4.39 Å². The highest BCUT2D eigenvalue weighted by molar-refractivity contribution is 5.84. The Kier molecular flexibility index (Phi) is 7.58. The molecule has 3 aromatic rings. The van der Waals surface area contributed by atoms with Gasteiger partial charge in [0.05, 0.1) is 0 Å². The fourth-order valence-electron chi connectivity index (χ4n) is 5.07. The minimum atomic E-state index is -0.0590. The maximum Gasteiger partial charge on any atom is 0.134 e. The van der Waals surface area contributed by atoms with Gasteiger partial charge in [0.2, 0.25) is 0 Å². The van der Waals surface area contributed by atoms with Crippen molar-refractivity contribution in [2.45, 2.75) is 64.2 Å². The molecular formula is C31H35F. The number of aryl methyl sites for hydroxylation is 3. The Hall–Kier alpha value is -2.67. The molecule has 0 atom stereocenters. The van der Waals surface area contributed by atoms with E-state index in [1.165, 1.54) is 42.4 Å². The molecule has 0 aromatic heterocycles. The average Bonchev–Trinajstić information content (AvgIpc) is 2.84. The lowest BCUT2D eigenvalue weighted by molar-refractivity contribution is 0.376. The molecule has 1 heteroatoms. The van der Waals surface area contributed by atoms with Gasteiger partial charge in [-0.25, -0.2) is 4.39 Å². The average molecular weight is 427 g/mol. The van der Waals surface area contributed by atoms with Gasteiger partial charge in [0.15, 0.2) is 0 Å². The SMILES string of the molecule is C=CC1CCC(c2ccc(CCc3ccc4c(F)c(CC/C=C/C)ccc4c3)cc2)CC1. The molecule has 4 rings (SSSR count). The van der Waals surface area contributed by atoms with Crippen molar-refractivity contribution in [3.8, 4) is 0 Å². The topological polar surface area (TPSA) is 0 Å². The number of halogens is 1. The Labute approximate surface area is 192 Å². The van der Waals surface area contributed by atoms with Crippen molar-refractivity contribution >= 4 is 10.8 Å². The van der Waals surface area contributed by atoms with E-state index >= 15 is 0 Å². The molecule has 0 spiro atoms. The van der Waals surface area contributed by atoms with E-state index < -0.39 is 0 Å². The maximum absolute atomic E-state index is 14.9. The highest BCUT2D eigenvalue weighted by Gasteiger charge is 2.20. The molecule has 0 N–H and O–H groups in total. The van der Waals surface area contributed by atoms with Crippen LogP contribution in [-0.4, -0.2) is 0 Å². The standard InChI is InChI=1S/C31H35F/c1-3-5-6-7-28-19-20-29-22-25(14-21-30(29)31(28)32)9-8-24-12-17-27(18-13-24)26-15-10-23(4-2)11-16-26/h3-5,12-14,17-23,26H,2,6-11,15-16H2,1H3/b5-3+. The molecule has 0 bridgehead atoms. The summed E-state index contributed by atoms with van der Waals surface area (Å²) in [5.41, 5.74) is 4.94. The number of benzene rings is 3. The lowest BCUT2D eigenvalue weighted by Gasteiger charge is -2.27. The van der Waals surface area contributed by atoms with Crippen molar-refractivity contribution in [1.82, 2.24) is 0 Å². The minimum absolute atomic E-state index is 0.0590. The fraction of sp³-hybridized carbons (Fsp3) is 0.355.